The number of Topliss-reactive ketones (excluding diaryl/α,β-unsaturated/α-hetero) is 1. The van der Waals surface area contributed by atoms with Gasteiger partial charge in [-0.2, -0.15) is 0 Å². The van der Waals surface area contributed by atoms with E-state index in [0.717, 1.165) is 56.1 Å². The lowest BCUT2D eigenvalue weighted by Crippen LogP contribution is -2.61. The van der Waals surface area contributed by atoms with Crippen molar-refractivity contribution < 1.29 is 52.9 Å². The molecule has 11 heteroatoms. The first-order valence-electron chi connectivity index (χ1n) is 20.0. The van der Waals surface area contributed by atoms with Crippen molar-refractivity contribution >= 4 is 5.78 Å². The van der Waals surface area contributed by atoms with Gasteiger partial charge in [-0.1, -0.05) is 27.0 Å². The van der Waals surface area contributed by atoms with Gasteiger partial charge in [0.2, 0.25) is 0 Å². The Morgan fingerprint density at radius 1 is 0.745 bits per heavy atom. The lowest BCUT2D eigenvalue weighted by atomic mass is 9.79. The molecule has 1 spiro atoms. The molecule has 0 radical (unpaired) electrons. The number of hydrogen-bond donors (Lipinski definition) is 2. The summed E-state index contributed by atoms with van der Waals surface area (Å²) in [5.74, 6) is -0.367. The highest BCUT2D eigenvalue weighted by Gasteiger charge is 2.68. The fourth-order valence-electron chi connectivity index (χ4n) is 11.3. The number of ketones is 1. The van der Waals surface area contributed by atoms with E-state index in [1.807, 2.05) is 0 Å². The Balaban J connectivity index is 0.986. The number of fused-ring (bicyclic) bond motifs is 6. The molecule has 12 bridgehead atoms. The van der Waals surface area contributed by atoms with Crippen molar-refractivity contribution in [2.24, 2.45) is 17.8 Å². The second-order valence-corrected chi connectivity index (χ2v) is 17.5. The predicted molar refractivity (Wildman–Crippen MR) is 183 cm³/mol. The van der Waals surface area contributed by atoms with E-state index in [1.54, 1.807) is 0 Å². The molecule has 10 rings (SSSR count). The fourth-order valence-corrected chi connectivity index (χ4v) is 11.3. The van der Waals surface area contributed by atoms with E-state index >= 15 is 0 Å². The third-order valence-corrected chi connectivity index (χ3v) is 14.1. The molecule has 10 aliphatic heterocycles. The standard InChI is InChI=1S/C40H58O11/c1-19-11-25-5-7-29-20(2)12-27(44-29)9-10-40-17-34-36(50-40)37-38(49-34)39(51-40)35-30(48-37)8-6-26(46-35)13-23(42)14-28-22(4)31(15-24(43)18-41)47-33(28)16-32(45-25)21(19)3/h19,22,24-39,41,43H,2-3,5-18H2,1,4H3/t19-,22-,24+,25+,26-,27+,28?,29?,30+,31-,32?,33+,34-,35+,36+,37+,38-,39+,40+/m1/s1. The SMILES string of the molecule is C=C1C[C@@H]2CC[C@@]34C[C@H]5O[C@H]6[C@@H](O3)[C@H]3O[C@H](CC[C@@H]3O[C@H]6[C@H]5O4)CC(=O)CC3[C@H](CC4O[C@@H](CCC1O2)C[C@@H](C)C4=C)O[C@H](C[C@H](O)CO)[C@@H]3C. The van der Waals surface area contributed by atoms with Crippen LogP contribution in [0, 0.1) is 17.8 Å². The molecule has 0 aromatic carbocycles. The Bertz CT molecular complexity index is 1360. The van der Waals surface area contributed by atoms with Crippen LogP contribution in [0.25, 0.3) is 0 Å². The quantitative estimate of drug-likeness (QED) is 0.410. The summed E-state index contributed by atoms with van der Waals surface area (Å²) in [6.45, 7) is 12.9. The predicted octanol–water partition coefficient (Wildman–Crippen LogP) is 4.09. The van der Waals surface area contributed by atoms with E-state index in [-0.39, 0.29) is 110 Å². The van der Waals surface area contributed by atoms with Crippen molar-refractivity contribution in [1.29, 1.82) is 0 Å². The van der Waals surface area contributed by atoms with Crippen LogP contribution in [0.2, 0.25) is 0 Å². The van der Waals surface area contributed by atoms with Crippen LogP contribution in [0.5, 0.6) is 0 Å². The maximum atomic E-state index is 14.0. The highest BCUT2D eigenvalue weighted by Crippen LogP contribution is 2.54. The lowest BCUT2D eigenvalue weighted by molar-refractivity contribution is -0.292. The Hall–Kier alpha value is -1.25. The molecule has 0 saturated carbocycles. The molecule has 0 aromatic rings. The van der Waals surface area contributed by atoms with E-state index in [1.165, 1.54) is 0 Å². The zero-order valence-corrected chi connectivity index (χ0v) is 30.3. The minimum Gasteiger partial charge on any atom is -0.394 e. The first kappa shape index (κ1) is 35.5. The first-order valence-corrected chi connectivity index (χ1v) is 20.0. The van der Waals surface area contributed by atoms with Crippen LogP contribution in [-0.4, -0.2) is 120 Å². The zero-order valence-electron chi connectivity index (χ0n) is 30.3. The maximum Gasteiger partial charge on any atom is 0.172 e. The summed E-state index contributed by atoms with van der Waals surface area (Å²) in [4.78, 5) is 14.0. The van der Waals surface area contributed by atoms with E-state index in [2.05, 4.69) is 27.0 Å². The minimum atomic E-state index is -0.872. The maximum absolute atomic E-state index is 14.0. The van der Waals surface area contributed by atoms with Gasteiger partial charge in [-0.3, -0.25) is 4.79 Å². The number of aliphatic hydroxyl groups is 2. The monoisotopic (exact) mass is 714 g/mol. The number of carbonyl (C=O) groups excluding carboxylic acids is 1. The van der Waals surface area contributed by atoms with Crippen LogP contribution in [0.3, 0.4) is 0 Å². The van der Waals surface area contributed by atoms with Gasteiger partial charge in [-0.15, -0.1) is 0 Å². The highest BCUT2D eigenvalue weighted by molar-refractivity contribution is 5.79. The molecule has 0 aliphatic carbocycles. The normalized spacial score (nSPS) is 53.2. The van der Waals surface area contributed by atoms with Gasteiger partial charge in [0.25, 0.3) is 0 Å². The van der Waals surface area contributed by atoms with Crippen LogP contribution in [0.15, 0.2) is 24.3 Å². The number of hydrogen-bond acceptors (Lipinski definition) is 11. The molecule has 10 fully saturated rings. The zero-order chi connectivity index (χ0) is 35.2. The van der Waals surface area contributed by atoms with Crippen molar-refractivity contribution in [3.63, 3.8) is 0 Å². The molecular weight excluding hydrogens is 656 g/mol. The van der Waals surface area contributed by atoms with Gasteiger partial charge in [0.05, 0.1) is 67.6 Å². The summed E-state index contributed by atoms with van der Waals surface area (Å²) in [5.41, 5.74) is 2.22. The molecule has 2 N–H and O–H groups in total. The second-order valence-electron chi connectivity index (χ2n) is 17.5. The summed E-state index contributed by atoms with van der Waals surface area (Å²) >= 11 is 0. The van der Waals surface area contributed by atoms with Crippen molar-refractivity contribution in [3.05, 3.63) is 24.3 Å². The molecule has 10 saturated heterocycles. The van der Waals surface area contributed by atoms with E-state index in [0.29, 0.717) is 44.4 Å². The molecule has 51 heavy (non-hydrogen) atoms. The van der Waals surface area contributed by atoms with Crippen LogP contribution < -0.4 is 0 Å². The Morgan fingerprint density at radius 3 is 2.33 bits per heavy atom. The smallest absolute Gasteiger partial charge is 0.172 e. The first-order chi connectivity index (χ1) is 24.6. The van der Waals surface area contributed by atoms with Crippen LogP contribution in [0.1, 0.15) is 97.3 Å². The average Bonchev–Trinajstić information content (AvgIpc) is 3.77. The molecular formula is C40H58O11. The number of aliphatic hydroxyl groups excluding tert-OH is 2. The summed E-state index contributed by atoms with van der Waals surface area (Å²) in [7, 11) is 0. The molecule has 3 unspecified atom stereocenters. The van der Waals surface area contributed by atoms with Gasteiger partial charge in [-0.25, -0.2) is 0 Å². The summed E-state index contributed by atoms with van der Waals surface area (Å²) in [6.07, 6.45) is 5.65. The molecule has 0 amide bonds. The van der Waals surface area contributed by atoms with Crippen LogP contribution in [0.4, 0.5) is 0 Å². The number of rotatable bonds is 3. The van der Waals surface area contributed by atoms with Gasteiger partial charge in [0.1, 0.15) is 36.3 Å². The minimum absolute atomic E-state index is 0.00894. The summed E-state index contributed by atoms with van der Waals surface area (Å²) in [5, 5.41) is 20.0. The largest absolute Gasteiger partial charge is 0.394 e. The Morgan fingerprint density at radius 2 is 1.49 bits per heavy atom. The van der Waals surface area contributed by atoms with Gasteiger partial charge in [-0.05, 0) is 73.8 Å². The topological polar surface area (TPSA) is 131 Å². The van der Waals surface area contributed by atoms with Crippen molar-refractivity contribution in [3.8, 4) is 0 Å². The molecule has 19 atom stereocenters. The average molecular weight is 715 g/mol. The summed E-state index contributed by atoms with van der Waals surface area (Å²) in [6, 6.07) is 0. The van der Waals surface area contributed by atoms with Crippen LogP contribution >= 0.6 is 0 Å². The lowest BCUT2D eigenvalue weighted by Gasteiger charge is -2.47. The third-order valence-electron chi connectivity index (χ3n) is 14.1. The fraction of sp³-hybridized carbons (Fsp3) is 0.875. The van der Waals surface area contributed by atoms with Gasteiger partial charge < -0.3 is 48.1 Å². The number of carbonyl (C=O) groups is 1. The van der Waals surface area contributed by atoms with E-state index < -0.39 is 11.9 Å². The Labute approximate surface area is 301 Å². The van der Waals surface area contributed by atoms with Gasteiger partial charge in [0.15, 0.2) is 5.79 Å². The van der Waals surface area contributed by atoms with Crippen molar-refractivity contribution in [2.75, 3.05) is 6.61 Å². The molecule has 0 aromatic heterocycles. The summed E-state index contributed by atoms with van der Waals surface area (Å²) < 4.78 is 53.9. The molecule has 10 heterocycles. The van der Waals surface area contributed by atoms with E-state index in [4.69, 9.17) is 37.9 Å². The highest BCUT2D eigenvalue weighted by atomic mass is 16.8. The Kier molecular flexibility index (Phi) is 9.59. The molecule has 284 valence electrons. The second kappa shape index (κ2) is 13.8. The van der Waals surface area contributed by atoms with Crippen molar-refractivity contribution in [2.45, 2.75) is 195 Å². The molecule has 11 nitrogen and oxygen atoms in total. The van der Waals surface area contributed by atoms with E-state index in [9.17, 15) is 15.0 Å². The van der Waals surface area contributed by atoms with Gasteiger partial charge >= 0.3 is 0 Å². The van der Waals surface area contributed by atoms with Crippen molar-refractivity contribution in [1.82, 2.24) is 0 Å². The molecule has 10 aliphatic rings. The van der Waals surface area contributed by atoms with Gasteiger partial charge in [0, 0.05) is 38.5 Å². The van der Waals surface area contributed by atoms with Crippen LogP contribution in [-0.2, 0) is 42.7 Å². The third kappa shape index (κ3) is 6.53. The number of ether oxygens (including phenoxy) is 8.